The van der Waals surface area contributed by atoms with Crippen molar-refractivity contribution in [1.29, 1.82) is 0 Å². The molecule has 1 saturated heterocycles. The molecule has 6 nitrogen and oxygen atoms in total. The van der Waals surface area contributed by atoms with Gasteiger partial charge in [0, 0.05) is 30.4 Å². The number of pyridine rings is 1. The predicted octanol–water partition coefficient (Wildman–Crippen LogP) is 0.813. The van der Waals surface area contributed by atoms with Crippen molar-refractivity contribution >= 4 is 5.82 Å². The summed E-state index contributed by atoms with van der Waals surface area (Å²) in [6.07, 6.45) is 6.46. The molecule has 0 amide bonds. The largest absolute Gasteiger partial charge is 0.383 e. The SMILES string of the molecule is NNC(c1cccnc1N)C1(N2CCOCC2)CCCC1. The first-order valence-electron chi connectivity index (χ1n) is 7.77. The lowest BCUT2D eigenvalue weighted by atomic mass is 9.82. The van der Waals surface area contributed by atoms with E-state index in [0.717, 1.165) is 44.7 Å². The van der Waals surface area contributed by atoms with Crippen molar-refractivity contribution < 1.29 is 4.74 Å². The van der Waals surface area contributed by atoms with Crippen LogP contribution in [0.3, 0.4) is 0 Å². The summed E-state index contributed by atoms with van der Waals surface area (Å²) >= 11 is 0. The van der Waals surface area contributed by atoms with Gasteiger partial charge < -0.3 is 10.5 Å². The summed E-state index contributed by atoms with van der Waals surface area (Å²) in [4.78, 5) is 6.78. The van der Waals surface area contributed by atoms with E-state index in [0.29, 0.717) is 5.82 Å². The van der Waals surface area contributed by atoms with Gasteiger partial charge in [0.2, 0.25) is 0 Å². The molecule has 1 aliphatic carbocycles. The summed E-state index contributed by atoms with van der Waals surface area (Å²) in [5, 5.41) is 0. The Balaban J connectivity index is 1.96. The highest BCUT2D eigenvalue weighted by Crippen LogP contribution is 2.45. The van der Waals surface area contributed by atoms with Crippen molar-refractivity contribution in [2.75, 3.05) is 32.0 Å². The van der Waals surface area contributed by atoms with Crippen LogP contribution in [-0.2, 0) is 4.74 Å². The van der Waals surface area contributed by atoms with E-state index >= 15 is 0 Å². The highest BCUT2D eigenvalue weighted by atomic mass is 16.5. The van der Waals surface area contributed by atoms with E-state index in [1.54, 1.807) is 6.20 Å². The molecule has 2 fully saturated rings. The molecule has 0 aromatic carbocycles. The van der Waals surface area contributed by atoms with E-state index in [9.17, 15) is 0 Å². The Morgan fingerprint density at radius 3 is 2.62 bits per heavy atom. The molecule has 0 bridgehead atoms. The third kappa shape index (κ3) is 2.64. The minimum absolute atomic E-state index is 0.00630. The monoisotopic (exact) mass is 291 g/mol. The van der Waals surface area contributed by atoms with E-state index in [2.05, 4.69) is 15.3 Å². The number of anilines is 1. The van der Waals surface area contributed by atoms with Crippen molar-refractivity contribution in [3.05, 3.63) is 23.9 Å². The summed E-state index contributed by atoms with van der Waals surface area (Å²) in [6, 6.07) is 3.97. The van der Waals surface area contributed by atoms with Gasteiger partial charge in [0.15, 0.2) is 0 Å². The number of hydrogen-bond donors (Lipinski definition) is 3. The van der Waals surface area contributed by atoms with Gasteiger partial charge in [0.1, 0.15) is 5.82 Å². The summed E-state index contributed by atoms with van der Waals surface area (Å²) in [6.45, 7) is 3.50. The van der Waals surface area contributed by atoms with Gasteiger partial charge >= 0.3 is 0 Å². The second-order valence-corrected chi connectivity index (χ2v) is 5.99. The standard InChI is InChI=1S/C15H25N5O/c16-14-12(4-3-7-18-14)13(19-17)15(5-1-2-6-15)20-8-10-21-11-9-20/h3-4,7,13,19H,1-2,5-6,8-11,17H2,(H2,16,18). The normalized spacial score (nSPS) is 24.0. The molecular weight excluding hydrogens is 266 g/mol. The van der Waals surface area contributed by atoms with Crippen LogP contribution in [0.2, 0.25) is 0 Å². The zero-order valence-electron chi connectivity index (χ0n) is 12.4. The van der Waals surface area contributed by atoms with E-state index < -0.39 is 0 Å². The smallest absolute Gasteiger partial charge is 0.128 e. The number of aromatic nitrogens is 1. The van der Waals surface area contributed by atoms with Crippen LogP contribution in [-0.4, -0.2) is 41.7 Å². The van der Waals surface area contributed by atoms with E-state index in [1.165, 1.54) is 12.8 Å². The number of nitrogens with zero attached hydrogens (tertiary/aromatic N) is 2. The molecule has 0 radical (unpaired) electrons. The Kier molecular flexibility index (Phi) is 4.40. The third-order valence-electron chi connectivity index (χ3n) is 5.00. The average Bonchev–Trinajstić information content (AvgIpc) is 3.01. The molecule has 2 heterocycles. The predicted molar refractivity (Wildman–Crippen MR) is 82.3 cm³/mol. The Morgan fingerprint density at radius 2 is 2.00 bits per heavy atom. The first kappa shape index (κ1) is 14.7. The van der Waals surface area contributed by atoms with Crippen LogP contribution in [0.1, 0.15) is 37.3 Å². The van der Waals surface area contributed by atoms with Crippen molar-refractivity contribution in [3.8, 4) is 0 Å². The Bertz CT molecular complexity index is 469. The topological polar surface area (TPSA) is 89.4 Å². The summed E-state index contributed by atoms with van der Waals surface area (Å²) in [7, 11) is 0. The molecule has 1 aromatic rings. The van der Waals surface area contributed by atoms with Crippen LogP contribution in [0.15, 0.2) is 18.3 Å². The maximum absolute atomic E-state index is 6.10. The number of ether oxygens (including phenoxy) is 1. The number of morpholine rings is 1. The number of nitrogen functional groups attached to an aromatic ring is 1. The molecule has 0 spiro atoms. The second-order valence-electron chi connectivity index (χ2n) is 5.99. The van der Waals surface area contributed by atoms with Gasteiger partial charge in [-0.3, -0.25) is 16.2 Å². The maximum atomic E-state index is 6.10. The number of nitrogens with two attached hydrogens (primary N) is 2. The van der Waals surface area contributed by atoms with Crippen molar-refractivity contribution in [3.63, 3.8) is 0 Å². The van der Waals surface area contributed by atoms with Crippen molar-refractivity contribution in [2.24, 2.45) is 5.84 Å². The van der Waals surface area contributed by atoms with Crippen LogP contribution >= 0.6 is 0 Å². The molecule has 1 aliphatic heterocycles. The molecule has 1 aromatic heterocycles. The highest BCUT2D eigenvalue weighted by Gasteiger charge is 2.47. The zero-order chi connectivity index (χ0) is 14.7. The Morgan fingerprint density at radius 1 is 1.29 bits per heavy atom. The first-order chi connectivity index (χ1) is 10.3. The lowest BCUT2D eigenvalue weighted by Gasteiger charge is -2.48. The molecule has 2 aliphatic rings. The van der Waals surface area contributed by atoms with Crippen molar-refractivity contribution in [2.45, 2.75) is 37.3 Å². The number of hydrazine groups is 1. The van der Waals surface area contributed by atoms with Gasteiger partial charge in [-0.1, -0.05) is 18.9 Å². The summed E-state index contributed by atoms with van der Waals surface area (Å²) < 4.78 is 5.52. The lowest BCUT2D eigenvalue weighted by molar-refractivity contribution is -0.0363. The minimum atomic E-state index is 0.00630. The van der Waals surface area contributed by atoms with Crippen molar-refractivity contribution in [1.82, 2.24) is 15.3 Å². The Labute approximate surface area is 125 Å². The maximum Gasteiger partial charge on any atom is 0.128 e. The summed E-state index contributed by atoms with van der Waals surface area (Å²) in [5.41, 5.74) is 10.2. The fourth-order valence-corrected chi connectivity index (χ4v) is 3.99. The quantitative estimate of drug-likeness (QED) is 0.562. The van der Waals surface area contributed by atoms with E-state index in [1.807, 2.05) is 12.1 Å². The number of rotatable bonds is 4. The van der Waals surface area contributed by atoms with Crippen LogP contribution in [0.4, 0.5) is 5.82 Å². The molecule has 1 saturated carbocycles. The average molecular weight is 291 g/mol. The molecule has 21 heavy (non-hydrogen) atoms. The summed E-state index contributed by atoms with van der Waals surface area (Å²) in [5.74, 6) is 6.52. The zero-order valence-corrected chi connectivity index (χ0v) is 12.4. The van der Waals surface area contributed by atoms with Crippen LogP contribution in [0.5, 0.6) is 0 Å². The lowest BCUT2D eigenvalue weighted by Crippen LogP contribution is -2.59. The van der Waals surface area contributed by atoms with Crippen LogP contribution in [0, 0.1) is 0 Å². The third-order valence-corrected chi connectivity index (χ3v) is 5.00. The molecule has 1 unspecified atom stereocenters. The Hall–Kier alpha value is -1.21. The van der Waals surface area contributed by atoms with E-state index in [-0.39, 0.29) is 11.6 Å². The molecule has 1 atom stereocenters. The highest BCUT2D eigenvalue weighted by molar-refractivity contribution is 5.43. The minimum Gasteiger partial charge on any atom is -0.383 e. The molecule has 6 heteroatoms. The van der Waals surface area contributed by atoms with Crippen LogP contribution in [0.25, 0.3) is 0 Å². The fourth-order valence-electron chi connectivity index (χ4n) is 3.99. The van der Waals surface area contributed by atoms with Gasteiger partial charge in [-0.25, -0.2) is 4.98 Å². The number of nitrogens with one attached hydrogen (secondary N) is 1. The first-order valence-corrected chi connectivity index (χ1v) is 7.77. The fraction of sp³-hybridized carbons (Fsp3) is 0.667. The molecule has 5 N–H and O–H groups in total. The molecule has 116 valence electrons. The van der Waals surface area contributed by atoms with E-state index in [4.69, 9.17) is 16.3 Å². The van der Waals surface area contributed by atoms with Gasteiger partial charge in [-0.15, -0.1) is 0 Å². The van der Waals surface area contributed by atoms with Gasteiger partial charge in [0.05, 0.1) is 19.3 Å². The van der Waals surface area contributed by atoms with Gasteiger partial charge in [-0.2, -0.15) is 0 Å². The van der Waals surface area contributed by atoms with Crippen LogP contribution < -0.4 is 17.0 Å². The second kappa shape index (κ2) is 6.27. The number of hydrogen-bond acceptors (Lipinski definition) is 6. The van der Waals surface area contributed by atoms with Gasteiger partial charge in [-0.05, 0) is 18.9 Å². The molecule has 3 rings (SSSR count). The van der Waals surface area contributed by atoms with Gasteiger partial charge in [0.25, 0.3) is 0 Å². The molecular formula is C15H25N5O.